The van der Waals surface area contributed by atoms with Gasteiger partial charge in [-0.15, -0.1) is 0 Å². The first-order chi connectivity index (χ1) is 8.74. The molecule has 0 saturated heterocycles. The highest BCUT2D eigenvalue weighted by Crippen LogP contribution is 2.33. The lowest BCUT2D eigenvalue weighted by atomic mass is 10.0. The standard InChI is InChI=1S/C15H20BrNO/c1-3-9-17-15(13-8-5-10-18-13)12-7-4-6-11(2)14(12)16/h4,6-8,15,17H,3,5,9-10H2,1-2H3. The van der Waals surface area contributed by atoms with Crippen molar-refractivity contribution in [3.63, 3.8) is 0 Å². The average molecular weight is 310 g/mol. The Morgan fingerprint density at radius 2 is 2.28 bits per heavy atom. The van der Waals surface area contributed by atoms with Crippen molar-refractivity contribution < 1.29 is 4.74 Å². The van der Waals surface area contributed by atoms with Gasteiger partial charge in [-0.05, 0) is 37.1 Å². The molecule has 0 aromatic heterocycles. The lowest BCUT2D eigenvalue weighted by Gasteiger charge is -2.22. The van der Waals surface area contributed by atoms with E-state index < -0.39 is 0 Å². The largest absolute Gasteiger partial charge is 0.496 e. The predicted octanol–water partition coefficient (Wildman–Crippen LogP) is 4.10. The lowest BCUT2D eigenvalue weighted by Crippen LogP contribution is -2.24. The first-order valence-electron chi connectivity index (χ1n) is 6.55. The number of aryl methyl sites for hydroxylation is 1. The van der Waals surface area contributed by atoms with E-state index in [1.165, 1.54) is 15.6 Å². The number of halogens is 1. The van der Waals surface area contributed by atoms with E-state index in [1.807, 2.05) is 0 Å². The van der Waals surface area contributed by atoms with Crippen LogP contribution in [0.5, 0.6) is 0 Å². The molecule has 1 heterocycles. The highest BCUT2D eigenvalue weighted by atomic mass is 79.9. The van der Waals surface area contributed by atoms with Crippen molar-refractivity contribution in [2.75, 3.05) is 13.2 Å². The smallest absolute Gasteiger partial charge is 0.114 e. The molecule has 2 rings (SSSR count). The second-order valence-electron chi connectivity index (χ2n) is 4.61. The fourth-order valence-electron chi connectivity index (χ4n) is 2.18. The summed E-state index contributed by atoms with van der Waals surface area (Å²) in [7, 11) is 0. The Labute approximate surface area is 118 Å². The van der Waals surface area contributed by atoms with Crippen LogP contribution in [-0.4, -0.2) is 13.2 Å². The third-order valence-corrected chi connectivity index (χ3v) is 4.23. The van der Waals surface area contributed by atoms with Gasteiger partial charge in [0, 0.05) is 10.9 Å². The van der Waals surface area contributed by atoms with Gasteiger partial charge in [-0.2, -0.15) is 0 Å². The van der Waals surface area contributed by atoms with Gasteiger partial charge < -0.3 is 10.1 Å². The van der Waals surface area contributed by atoms with Crippen LogP contribution in [0.15, 0.2) is 34.5 Å². The van der Waals surface area contributed by atoms with Crippen molar-refractivity contribution in [2.24, 2.45) is 0 Å². The molecule has 1 aromatic rings. The monoisotopic (exact) mass is 309 g/mol. The summed E-state index contributed by atoms with van der Waals surface area (Å²) in [6, 6.07) is 6.55. The zero-order valence-corrected chi connectivity index (χ0v) is 12.6. The van der Waals surface area contributed by atoms with Crippen LogP contribution in [0, 0.1) is 6.92 Å². The molecule has 1 atom stereocenters. The molecule has 98 valence electrons. The molecule has 1 aliphatic rings. The fourth-order valence-corrected chi connectivity index (χ4v) is 2.68. The third kappa shape index (κ3) is 2.96. The predicted molar refractivity (Wildman–Crippen MR) is 78.6 cm³/mol. The Balaban J connectivity index is 2.30. The van der Waals surface area contributed by atoms with Crippen LogP contribution in [-0.2, 0) is 4.74 Å². The van der Waals surface area contributed by atoms with Gasteiger partial charge in [-0.1, -0.05) is 41.1 Å². The fraction of sp³-hybridized carbons (Fsp3) is 0.467. The van der Waals surface area contributed by atoms with Crippen molar-refractivity contribution in [3.8, 4) is 0 Å². The van der Waals surface area contributed by atoms with Crippen molar-refractivity contribution in [2.45, 2.75) is 32.7 Å². The van der Waals surface area contributed by atoms with Crippen LogP contribution in [0.4, 0.5) is 0 Å². The van der Waals surface area contributed by atoms with Crippen LogP contribution in [0.3, 0.4) is 0 Å². The van der Waals surface area contributed by atoms with Gasteiger partial charge >= 0.3 is 0 Å². The number of hydrogen-bond donors (Lipinski definition) is 1. The number of hydrogen-bond acceptors (Lipinski definition) is 2. The topological polar surface area (TPSA) is 21.3 Å². The number of ether oxygens (including phenoxy) is 1. The van der Waals surface area contributed by atoms with Gasteiger partial charge in [0.25, 0.3) is 0 Å². The molecule has 18 heavy (non-hydrogen) atoms. The van der Waals surface area contributed by atoms with Crippen LogP contribution in [0.25, 0.3) is 0 Å². The Bertz CT molecular complexity index is 442. The molecule has 0 radical (unpaired) electrons. The van der Waals surface area contributed by atoms with Crippen molar-refractivity contribution in [1.29, 1.82) is 0 Å². The summed E-state index contributed by atoms with van der Waals surface area (Å²) in [4.78, 5) is 0. The molecule has 1 N–H and O–H groups in total. The summed E-state index contributed by atoms with van der Waals surface area (Å²) in [5, 5.41) is 3.57. The maximum absolute atomic E-state index is 5.74. The zero-order chi connectivity index (χ0) is 13.0. The maximum Gasteiger partial charge on any atom is 0.114 e. The molecule has 0 saturated carbocycles. The molecule has 1 aliphatic heterocycles. The average Bonchev–Trinajstić information content (AvgIpc) is 2.88. The molecule has 0 spiro atoms. The normalized spacial score (nSPS) is 16.3. The van der Waals surface area contributed by atoms with Crippen LogP contribution in [0.2, 0.25) is 0 Å². The Hall–Kier alpha value is -0.800. The second kappa shape index (κ2) is 6.39. The molecule has 2 nitrogen and oxygen atoms in total. The first-order valence-corrected chi connectivity index (χ1v) is 7.34. The number of benzene rings is 1. The molecule has 3 heteroatoms. The molecule has 0 bridgehead atoms. The van der Waals surface area contributed by atoms with Crippen LogP contribution < -0.4 is 5.32 Å². The van der Waals surface area contributed by atoms with Gasteiger partial charge in [-0.3, -0.25) is 0 Å². The van der Waals surface area contributed by atoms with Gasteiger partial charge in [0.05, 0.1) is 12.6 Å². The van der Waals surface area contributed by atoms with E-state index >= 15 is 0 Å². The molecular weight excluding hydrogens is 290 g/mol. The molecule has 1 unspecified atom stereocenters. The summed E-state index contributed by atoms with van der Waals surface area (Å²) in [5.74, 6) is 1.06. The van der Waals surface area contributed by atoms with Gasteiger partial charge in [0.2, 0.25) is 0 Å². The maximum atomic E-state index is 5.74. The molecule has 1 aromatic carbocycles. The van der Waals surface area contributed by atoms with Crippen molar-refractivity contribution in [3.05, 3.63) is 45.6 Å². The van der Waals surface area contributed by atoms with E-state index in [0.717, 1.165) is 31.8 Å². The Morgan fingerprint density at radius 1 is 1.44 bits per heavy atom. The van der Waals surface area contributed by atoms with E-state index in [1.54, 1.807) is 0 Å². The summed E-state index contributed by atoms with van der Waals surface area (Å²) < 4.78 is 6.92. The van der Waals surface area contributed by atoms with Crippen molar-refractivity contribution >= 4 is 15.9 Å². The van der Waals surface area contributed by atoms with Gasteiger partial charge in [0.15, 0.2) is 0 Å². The van der Waals surface area contributed by atoms with Gasteiger partial charge in [-0.25, -0.2) is 0 Å². The summed E-state index contributed by atoms with van der Waals surface area (Å²) in [6.45, 7) is 6.10. The third-order valence-electron chi connectivity index (χ3n) is 3.15. The van der Waals surface area contributed by atoms with Gasteiger partial charge in [0.1, 0.15) is 5.76 Å². The minimum Gasteiger partial charge on any atom is -0.496 e. The van der Waals surface area contributed by atoms with E-state index in [-0.39, 0.29) is 6.04 Å². The van der Waals surface area contributed by atoms with Crippen LogP contribution in [0.1, 0.15) is 36.9 Å². The Kier molecular flexibility index (Phi) is 4.84. The molecule has 0 fully saturated rings. The molecule has 0 aliphatic carbocycles. The highest BCUT2D eigenvalue weighted by Gasteiger charge is 2.22. The minimum absolute atomic E-state index is 0.168. The zero-order valence-electron chi connectivity index (χ0n) is 11.0. The Morgan fingerprint density at radius 3 is 2.94 bits per heavy atom. The highest BCUT2D eigenvalue weighted by molar-refractivity contribution is 9.10. The first kappa shape index (κ1) is 13.6. The van der Waals surface area contributed by atoms with Crippen molar-refractivity contribution in [1.82, 2.24) is 5.32 Å². The van der Waals surface area contributed by atoms with E-state index in [0.29, 0.717) is 0 Å². The SMILES string of the molecule is CCCNC(C1=CCCO1)c1cccc(C)c1Br. The van der Waals surface area contributed by atoms with Crippen LogP contribution >= 0.6 is 15.9 Å². The number of rotatable bonds is 5. The summed E-state index contributed by atoms with van der Waals surface area (Å²) in [5.41, 5.74) is 2.52. The quantitative estimate of drug-likeness (QED) is 0.884. The van der Waals surface area contributed by atoms with E-state index in [2.05, 4.69) is 59.4 Å². The summed E-state index contributed by atoms with van der Waals surface area (Å²) in [6.07, 6.45) is 4.33. The molecular formula is C15H20BrNO. The lowest BCUT2D eigenvalue weighted by molar-refractivity contribution is 0.215. The van der Waals surface area contributed by atoms with E-state index in [4.69, 9.17) is 4.74 Å². The van der Waals surface area contributed by atoms with E-state index in [9.17, 15) is 0 Å². The minimum atomic E-state index is 0.168. The second-order valence-corrected chi connectivity index (χ2v) is 5.40. The number of nitrogens with one attached hydrogen (secondary N) is 1. The summed E-state index contributed by atoms with van der Waals surface area (Å²) >= 11 is 3.70. The molecule has 0 amide bonds.